The van der Waals surface area contributed by atoms with Crippen LogP contribution in [-0.4, -0.2) is 34.5 Å². The fourth-order valence-corrected chi connectivity index (χ4v) is 6.94. The number of rotatable bonds is 6. The zero-order valence-corrected chi connectivity index (χ0v) is 20.6. The molecule has 4 nitrogen and oxygen atoms in total. The summed E-state index contributed by atoms with van der Waals surface area (Å²) in [4.78, 5) is 11.5. The molecule has 0 aliphatic heterocycles. The lowest BCUT2D eigenvalue weighted by Gasteiger charge is -2.44. The first-order valence-corrected chi connectivity index (χ1v) is 13.0. The van der Waals surface area contributed by atoms with Crippen LogP contribution in [0.4, 0.5) is 0 Å². The van der Waals surface area contributed by atoms with E-state index in [2.05, 4.69) is 44.7 Å². The third kappa shape index (κ3) is 5.38. The van der Waals surface area contributed by atoms with E-state index in [4.69, 9.17) is 4.74 Å². The van der Waals surface area contributed by atoms with E-state index in [1.165, 1.54) is 38.2 Å². The van der Waals surface area contributed by atoms with Gasteiger partial charge >= 0.3 is 5.97 Å². The largest absolute Gasteiger partial charge is 0.458 e. The van der Waals surface area contributed by atoms with Gasteiger partial charge in [-0.25, -0.2) is 0 Å². The van der Waals surface area contributed by atoms with Crippen molar-refractivity contribution >= 4 is 5.97 Å². The molecule has 4 fully saturated rings. The van der Waals surface area contributed by atoms with Gasteiger partial charge in [0.1, 0.15) is 6.10 Å². The van der Waals surface area contributed by atoms with E-state index >= 15 is 0 Å². The molecule has 0 aromatic carbocycles. The highest BCUT2D eigenvalue weighted by atomic mass is 16.5. The van der Waals surface area contributed by atoms with E-state index < -0.39 is 12.2 Å². The van der Waals surface area contributed by atoms with Crippen LogP contribution in [0.15, 0.2) is 47.6 Å². The number of hydrogen-bond acceptors (Lipinski definition) is 4. The van der Waals surface area contributed by atoms with Crippen LogP contribution in [0.3, 0.4) is 0 Å². The molecular formula is C29H42O4. The van der Waals surface area contributed by atoms with Gasteiger partial charge in [0.25, 0.3) is 0 Å². The Labute approximate surface area is 199 Å². The van der Waals surface area contributed by atoms with Gasteiger partial charge in [-0.15, -0.1) is 0 Å². The minimum Gasteiger partial charge on any atom is -0.458 e. The lowest BCUT2D eigenvalue weighted by atomic mass is 9.61. The molecule has 4 rings (SSSR count). The van der Waals surface area contributed by atoms with E-state index in [1.54, 1.807) is 0 Å². The zero-order chi connectivity index (χ0) is 23.8. The Hall–Kier alpha value is -1.65. The molecule has 182 valence electrons. The van der Waals surface area contributed by atoms with Gasteiger partial charge in [-0.05, 0) is 97.7 Å². The van der Waals surface area contributed by atoms with Crippen molar-refractivity contribution in [1.29, 1.82) is 0 Å². The van der Waals surface area contributed by atoms with Gasteiger partial charge < -0.3 is 14.9 Å². The maximum atomic E-state index is 11.5. The highest BCUT2D eigenvalue weighted by molar-refractivity contribution is 5.66. The Bertz CT molecular complexity index is 848. The number of ether oxygens (including phenoxy) is 1. The van der Waals surface area contributed by atoms with E-state index in [0.717, 1.165) is 30.4 Å². The molecule has 4 saturated carbocycles. The molecular weight excluding hydrogens is 412 g/mol. The van der Waals surface area contributed by atoms with Gasteiger partial charge in [0, 0.05) is 13.3 Å². The Morgan fingerprint density at radius 2 is 1.94 bits per heavy atom. The monoisotopic (exact) mass is 454 g/mol. The molecule has 7 atom stereocenters. The van der Waals surface area contributed by atoms with Gasteiger partial charge in [0.15, 0.2) is 0 Å². The number of esters is 1. The molecule has 4 heteroatoms. The molecule has 0 radical (unpaired) electrons. The quantitative estimate of drug-likeness (QED) is 0.401. The van der Waals surface area contributed by atoms with Crippen molar-refractivity contribution in [3.05, 3.63) is 47.6 Å². The van der Waals surface area contributed by atoms with E-state index in [1.807, 2.05) is 0 Å². The number of carbonyl (C=O) groups is 1. The zero-order valence-electron chi connectivity index (χ0n) is 20.6. The summed E-state index contributed by atoms with van der Waals surface area (Å²) in [6, 6.07) is 0. The summed E-state index contributed by atoms with van der Waals surface area (Å²) in [5.74, 6) is 1.99. The average molecular weight is 455 g/mol. The highest BCUT2D eigenvalue weighted by Gasteiger charge is 2.50. The summed E-state index contributed by atoms with van der Waals surface area (Å²) in [5.41, 5.74) is 3.55. The SMILES string of the molecule is C=C1C(=CC=C2CCC[C@]3(C)[C@@H]([C@H](C)C=C[C@H](OC(C)=O)C4CC4)CC[C@@H]23)C[C@@H](O)C[C@@H]1O. The van der Waals surface area contributed by atoms with Gasteiger partial charge in [-0.2, -0.15) is 0 Å². The summed E-state index contributed by atoms with van der Waals surface area (Å²) < 4.78 is 5.57. The van der Waals surface area contributed by atoms with Crippen LogP contribution >= 0.6 is 0 Å². The molecule has 0 aromatic heterocycles. The van der Waals surface area contributed by atoms with Crippen molar-refractivity contribution in [1.82, 2.24) is 0 Å². The maximum absolute atomic E-state index is 11.5. The first kappa shape index (κ1) is 24.5. The molecule has 4 aliphatic rings. The Morgan fingerprint density at radius 3 is 2.64 bits per heavy atom. The number of allylic oxidation sites excluding steroid dienone is 4. The van der Waals surface area contributed by atoms with Crippen molar-refractivity contribution in [2.24, 2.45) is 29.1 Å². The van der Waals surface area contributed by atoms with Crippen molar-refractivity contribution < 1.29 is 19.7 Å². The van der Waals surface area contributed by atoms with E-state index in [-0.39, 0.29) is 17.5 Å². The minimum absolute atomic E-state index is 0.0577. The van der Waals surface area contributed by atoms with Crippen LogP contribution in [-0.2, 0) is 9.53 Å². The molecule has 2 N–H and O–H groups in total. The first-order chi connectivity index (χ1) is 15.7. The summed E-state index contributed by atoms with van der Waals surface area (Å²) in [6.07, 6.45) is 17.0. The van der Waals surface area contributed by atoms with Crippen LogP contribution in [0, 0.1) is 29.1 Å². The topological polar surface area (TPSA) is 66.8 Å². The molecule has 0 heterocycles. The molecule has 0 unspecified atom stereocenters. The van der Waals surface area contributed by atoms with Gasteiger partial charge in [-0.1, -0.05) is 44.2 Å². The normalized spacial score (nSPS) is 39.1. The fourth-order valence-electron chi connectivity index (χ4n) is 6.94. The number of hydrogen-bond donors (Lipinski definition) is 2. The third-order valence-electron chi connectivity index (χ3n) is 8.93. The fraction of sp³-hybridized carbons (Fsp3) is 0.690. The molecule has 0 spiro atoms. The van der Waals surface area contributed by atoms with Crippen molar-refractivity contribution in [3.63, 3.8) is 0 Å². The molecule has 0 saturated heterocycles. The van der Waals surface area contributed by atoms with Gasteiger partial charge in [0.05, 0.1) is 12.2 Å². The van der Waals surface area contributed by atoms with Crippen LogP contribution in [0.25, 0.3) is 0 Å². The standard InChI is InChI=1S/C29H42O4/c1-18(7-14-28(22-9-10-22)33-20(3)30)25-12-13-26-21(6-5-15-29(25,26)4)8-11-23-16-24(31)17-27(32)19(23)2/h7-8,11,14,18,22,24-28,31-32H,2,5-6,9-10,12-13,15-17H2,1,3-4H3/t18-,24-,25-,26+,27+,28+,29-/m1/s1. The minimum atomic E-state index is -0.634. The van der Waals surface area contributed by atoms with E-state index in [0.29, 0.717) is 36.5 Å². The molecule has 4 aliphatic carbocycles. The van der Waals surface area contributed by atoms with Gasteiger partial charge in [0.2, 0.25) is 0 Å². The summed E-state index contributed by atoms with van der Waals surface area (Å²) in [7, 11) is 0. The summed E-state index contributed by atoms with van der Waals surface area (Å²) in [5, 5.41) is 20.2. The lowest BCUT2D eigenvalue weighted by Crippen LogP contribution is -2.35. The molecule has 0 aromatic rings. The predicted molar refractivity (Wildman–Crippen MR) is 131 cm³/mol. The van der Waals surface area contributed by atoms with Crippen molar-refractivity contribution in [3.8, 4) is 0 Å². The van der Waals surface area contributed by atoms with Crippen LogP contribution < -0.4 is 0 Å². The van der Waals surface area contributed by atoms with Crippen LogP contribution in [0.1, 0.15) is 78.6 Å². The van der Waals surface area contributed by atoms with Crippen molar-refractivity contribution in [2.75, 3.05) is 0 Å². The molecule has 0 bridgehead atoms. The Kier molecular flexibility index (Phi) is 7.35. The smallest absolute Gasteiger partial charge is 0.303 e. The summed E-state index contributed by atoms with van der Waals surface area (Å²) >= 11 is 0. The number of fused-ring (bicyclic) bond motifs is 1. The number of aliphatic hydroxyl groups is 2. The summed E-state index contributed by atoms with van der Waals surface area (Å²) in [6.45, 7) is 10.4. The maximum Gasteiger partial charge on any atom is 0.303 e. The predicted octanol–water partition coefficient (Wildman–Crippen LogP) is 5.66. The molecule has 33 heavy (non-hydrogen) atoms. The van der Waals surface area contributed by atoms with Crippen LogP contribution in [0.2, 0.25) is 0 Å². The second-order valence-electron chi connectivity index (χ2n) is 11.3. The second-order valence-corrected chi connectivity index (χ2v) is 11.3. The Morgan fingerprint density at radius 1 is 1.18 bits per heavy atom. The third-order valence-corrected chi connectivity index (χ3v) is 8.93. The first-order valence-electron chi connectivity index (χ1n) is 13.0. The molecule has 0 amide bonds. The van der Waals surface area contributed by atoms with Gasteiger partial charge in [-0.3, -0.25) is 4.79 Å². The lowest BCUT2D eigenvalue weighted by molar-refractivity contribution is -0.144. The van der Waals surface area contributed by atoms with E-state index in [9.17, 15) is 15.0 Å². The second kappa shape index (κ2) is 9.92. The number of carbonyl (C=O) groups excluding carboxylic acids is 1. The van der Waals surface area contributed by atoms with Crippen LogP contribution in [0.5, 0.6) is 0 Å². The van der Waals surface area contributed by atoms with Crippen molar-refractivity contribution in [2.45, 2.75) is 96.9 Å². The number of aliphatic hydroxyl groups excluding tert-OH is 2. The highest BCUT2D eigenvalue weighted by Crippen LogP contribution is 2.59. The average Bonchev–Trinajstić information content (AvgIpc) is 3.53. The Balaban J connectivity index is 1.47.